The second-order valence-corrected chi connectivity index (χ2v) is 8.62. The van der Waals surface area contributed by atoms with Crippen LogP contribution in [0.15, 0.2) is 60.8 Å². The van der Waals surface area contributed by atoms with Crippen LogP contribution in [-0.4, -0.2) is 43.9 Å². The SMILES string of the molecule is CC(C)CN1C(=O)c2ccc(C(=O)Nc3c(C#N)cnn3-c3ccc4ccccc4n3)cc2C1=O. The van der Waals surface area contributed by atoms with Gasteiger partial charge in [-0.15, -0.1) is 0 Å². The molecule has 0 aliphatic carbocycles. The van der Waals surface area contributed by atoms with Gasteiger partial charge in [0.05, 0.1) is 22.8 Å². The van der Waals surface area contributed by atoms with Gasteiger partial charge in [0.15, 0.2) is 11.6 Å². The lowest BCUT2D eigenvalue weighted by Crippen LogP contribution is -2.33. The number of imide groups is 1. The smallest absolute Gasteiger partial charge is 0.261 e. The molecule has 1 N–H and O–H groups in total. The zero-order chi connectivity index (χ0) is 24.7. The van der Waals surface area contributed by atoms with Crippen LogP contribution >= 0.6 is 0 Å². The van der Waals surface area contributed by atoms with Crippen LogP contribution in [0, 0.1) is 17.2 Å². The summed E-state index contributed by atoms with van der Waals surface area (Å²) in [6.07, 6.45) is 1.35. The van der Waals surface area contributed by atoms with Crippen LogP contribution in [0.3, 0.4) is 0 Å². The first-order valence-corrected chi connectivity index (χ1v) is 11.0. The molecule has 3 heterocycles. The summed E-state index contributed by atoms with van der Waals surface area (Å²) in [5.41, 5.74) is 1.54. The fraction of sp³-hybridized carbons (Fsp3) is 0.154. The number of benzene rings is 2. The van der Waals surface area contributed by atoms with E-state index in [1.54, 1.807) is 6.07 Å². The van der Waals surface area contributed by atoms with E-state index in [4.69, 9.17) is 0 Å². The van der Waals surface area contributed by atoms with Crippen molar-refractivity contribution in [1.29, 1.82) is 5.26 Å². The molecule has 0 saturated carbocycles. The number of nitrogens with one attached hydrogen (secondary N) is 1. The predicted molar refractivity (Wildman–Crippen MR) is 128 cm³/mol. The van der Waals surface area contributed by atoms with E-state index in [-0.39, 0.29) is 39.9 Å². The van der Waals surface area contributed by atoms with Crippen molar-refractivity contribution < 1.29 is 14.4 Å². The number of nitriles is 1. The third-order valence-corrected chi connectivity index (χ3v) is 5.70. The second-order valence-electron chi connectivity index (χ2n) is 8.62. The van der Waals surface area contributed by atoms with E-state index < -0.39 is 11.8 Å². The average molecular weight is 464 g/mol. The van der Waals surface area contributed by atoms with Crippen LogP contribution in [0.2, 0.25) is 0 Å². The summed E-state index contributed by atoms with van der Waals surface area (Å²) in [6, 6.07) is 17.6. The van der Waals surface area contributed by atoms with Crippen molar-refractivity contribution in [3.63, 3.8) is 0 Å². The van der Waals surface area contributed by atoms with Gasteiger partial charge in [0.1, 0.15) is 11.6 Å². The van der Waals surface area contributed by atoms with E-state index in [0.717, 1.165) is 10.9 Å². The molecule has 0 atom stereocenters. The first-order chi connectivity index (χ1) is 16.9. The number of para-hydroxylation sites is 1. The third-order valence-electron chi connectivity index (χ3n) is 5.70. The van der Waals surface area contributed by atoms with Crippen molar-refractivity contribution in [3.05, 3.63) is 83.0 Å². The van der Waals surface area contributed by atoms with Gasteiger partial charge in [-0.25, -0.2) is 4.98 Å². The van der Waals surface area contributed by atoms with E-state index in [9.17, 15) is 19.6 Å². The standard InChI is InChI=1S/C26H20N6O3/c1-15(2)14-31-25(34)19-9-7-17(11-20(19)26(31)35)24(33)30-23-18(12-27)13-28-32(23)22-10-8-16-5-3-4-6-21(16)29-22/h3-11,13,15H,14H2,1-2H3,(H,30,33). The monoisotopic (exact) mass is 464 g/mol. The lowest BCUT2D eigenvalue weighted by Gasteiger charge is -2.15. The minimum absolute atomic E-state index is 0.119. The molecule has 0 unspecified atom stereocenters. The Hall–Kier alpha value is -4.84. The Morgan fingerprint density at radius 3 is 2.60 bits per heavy atom. The lowest BCUT2D eigenvalue weighted by atomic mass is 10.1. The van der Waals surface area contributed by atoms with Gasteiger partial charge in [-0.05, 0) is 42.3 Å². The molecule has 3 amide bonds. The number of aromatic nitrogens is 3. The Morgan fingerprint density at radius 1 is 1.06 bits per heavy atom. The third kappa shape index (κ3) is 3.81. The molecule has 35 heavy (non-hydrogen) atoms. The number of carbonyl (C=O) groups excluding carboxylic acids is 3. The molecule has 0 saturated heterocycles. The molecular weight excluding hydrogens is 444 g/mol. The molecule has 2 aromatic carbocycles. The summed E-state index contributed by atoms with van der Waals surface area (Å²) in [5.74, 6) is -0.624. The number of carbonyl (C=O) groups is 3. The Kier molecular flexibility index (Phi) is 5.34. The summed E-state index contributed by atoms with van der Waals surface area (Å²) >= 11 is 0. The zero-order valence-corrected chi connectivity index (χ0v) is 19.0. The van der Waals surface area contributed by atoms with E-state index in [1.165, 1.54) is 34.0 Å². The molecule has 0 radical (unpaired) electrons. The highest BCUT2D eigenvalue weighted by Gasteiger charge is 2.36. The summed E-state index contributed by atoms with van der Waals surface area (Å²) in [5, 5.41) is 17.5. The van der Waals surface area contributed by atoms with Crippen molar-refractivity contribution in [3.8, 4) is 11.9 Å². The van der Waals surface area contributed by atoms with Gasteiger partial charge >= 0.3 is 0 Å². The number of rotatable bonds is 5. The lowest BCUT2D eigenvalue weighted by molar-refractivity contribution is 0.0636. The molecule has 0 fully saturated rings. The molecule has 1 aliphatic heterocycles. The first kappa shape index (κ1) is 22.0. The maximum Gasteiger partial charge on any atom is 0.261 e. The molecular formula is C26H20N6O3. The molecule has 2 aromatic heterocycles. The van der Waals surface area contributed by atoms with Gasteiger partial charge in [0, 0.05) is 17.5 Å². The molecule has 172 valence electrons. The largest absolute Gasteiger partial charge is 0.305 e. The highest BCUT2D eigenvalue weighted by atomic mass is 16.2. The average Bonchev–Trinajstić information content (AvgIpc) is 3.37. The van der Waals surface area contributed by atoms with E-state index in [2.05, 4.69) is 15.4 Å². The highest BCUT2D eigenvalue weighted by Crippen LogP contribution is 2.26. The number of hydrogen-bond donors (Lipinski definition) is 1. The van der Waals surface area contributed by atoms with Crippen molar-refractivity contribution in [2.24, 2.45) is 5.92 Å². The number of fused-ring (bicyclic) bond motifs is 2. The Bertz CT molecular complexity index is 1560. The van der Waals surface area contributed by atoms with Gasteiger partial charge in [-0.2, -0.15) is 15.0 Å². The highest BCUT2D eigenvalue weighted by molar-refractivity contribution is 6.22. The fourth-order valence-electron chi connectivity index (χ4n) is 4.04. The van der Waals surface area contributed by atoms with Crippen LogP contribution in [0.25, 0.3) is 16.7 Å². The number of nitrogens with zero attached hydrogens (tertiary/aromatic N) is 5. The summed E-state index contributed by atoms with van der Waals surface area (Å²) in [6.45, 7) is 4.14. The van der Waals surface area contributed by atoms with Gasteiger partial charge in [-0.1, -0.05) is 32.0 Å². The molecule has 9 heteroatoms. The van der Waals surface area contributed by atoms with Crippen molar-refractivity contribution in [1.82, 2.24) is 19.7 Å². The van der Waals surface area contributed by atoms with Gasteiger partial charge in [0.25, 0.3) is 17.7 Å². The van der Waals surface area contributed by atoms with Gasteiger partial charge in [-0.3, -0.25) is 19.3 Å². The Balaban J connectivity index is 1.47. The molecule has 9 nitrogen and oxygen atoms in total. The quantitative estimate of drug-likeness (QED) is 0.449. The second kappa shape index (κ2) is 8.50. The topological polar surface area (TPSA) is 121 Å². The summed E-state index contributed by atoms with van der Waals surface area (Å²) < 4.78 is 1.38. The maximum absolute atomic E-state index is 13.1. The van der Waals surface area contributed by atoms with Crippen LogP contribution in [0.5, 0.6) is 0 Å². The summed E-state index contributed by atoms with van der Waals surface area (Å²) in [7, 11) is 0. The minimum Gasteiger partial charge on any atom is -0.305 e. The zero-order valence-electron chi connectivity index (χ0n) is 19.0. The Labute approximate surface area is 200 Å². The maximum atomic E-state index is 13.1. The molecule has 4 aromatic rings. The van der Waals surface area contributed by atoms with Crippen LogP contribution in [0.1, 0.15) is 50.5 Å². The molecule has 1 aliphatic rings. The van der Waals surface area contributed by atoms with Crippen molar-refractivity contribution in [2.45, 2.75) is 13.8 Å². The molecule has 0 spiro atoms. The molecule has 5 rings (SSSR count). The van der Waals surface area contributed by atoms with Crippen LogP contribution in [0.4, 0.5) is 5.82 Å². The van der Waals surface area contributed by atoms with Crippen molar-refractivity contribution >= 4 is 34.4 Å². The summed E-state index contributed by atoms with van der Waals surface area (Å²) in [4.78, 5) is 44.3. The van der Waals surface area contributed by atoms with Gasteiger partial charge < -0.3 is 5.32 Å². The number of pyridine rings is 1. The van der Waals surface area contributed by atoms with E-state index >= 15 is 0 Å². The normalized spacial score (nSPS) is 12.8. The van der Waals surface area contributed by atoms with Crippen molar-refractivity contribution in [2.75, 3.05) is 11.9 Å². The number of hydrogen-bond acceptors (Lipinski definition) is 6. The minimum atomic E-state index is -0.547. The van der Waals surface area contributed by atoms with E-state index in [0.29, 0.717) is 12.4 Å². The predicted octanol–water partition coefficient (Wildman–Crippen LogP) is 3.80. The van der Waals surface area contributed by atoms with Crippen LogP contribution in [-0.2, 0) is 0 Å². The molecule has 0 bridgehead atoms. The van der Waals surface area contributed by atoms with Crippen LogP contribution < -0.4 is 5.32 Å². The number of amides is 3. The Morgan fingerprint density at radius 2 is 1.83 bits per heavy atom. The number of anilines is 1. The first-order valence-electron chi connectivity index (χ1n) is 11.0. The van der Waals surface area contributed by atoms with Gasteiger partial charge in [0.2, 0.25) is 0 Å². The van der Waals surface area contributed by atoms with E-state index in [1.807, 2.05) is 50.2 Å². The fourth-order valence-corrected chi connectivity index (χ4v) is 4.04.